The number of para-hydroxylation sites is 1. The predicted molar refractivity (Wildman–Crippen MR) is 96.3 cm³/mol. The van der Waals surface area contributed by atoms with E-state index in [9.17, 15) is 14.4 Å². The van der Waals surface area contributed by atoms with Crippen LogP contribution in [0.25, 0.3) is 5.69 Å². The van der Waals surface area contributed by atoms with Gasteiger partial charge in [-0.1, -0.05) is 24.3 Å². The van der Waals surface area contributed by atoms with Crippen LogP contribution in [0.3, 0.4) is 0 Å². The van der Waals surface area contributed by atoms with E-state index < -0.39 is 23.4 Å². The highest BCUT2D eigenvalue weighted by Gasteiger charge is 2.49. The molecular weight excluding hydrogens is 362 g/mol. The Morgan fingerprint density at radius 1 is 1.11 bits per heavy atom. The van der Waals surface area contributed by atoms with Crippen LogP contribution in [0.15, 0.2) is 60.9 Å². The Bertz CT molecular complexity index is 1040. The number of imide groups is 1. The summed E-state index contributed by atoms with van der Waals surface area (Å²) >= 11 is 0. The molecule has 1 aromatic carbocycles. The molecule has 0 radical (unpaired) electrons. The van der Waals surface area contributed by atoms with Crippen molar-refractivity contribution in [1.29, 1.82) is 0 Å². The van der Waals surface area contributed by atoms with Gasteiger partial charge in [-0.15, -0.1) is 5.10 Å². The smallest absolute Gasteiger partial charge is 0.322 e. The number of carbonyl (C=O) groups excluding carboxylic acids is 3. The molecule has 3 aromatic rings. The number of pyridine rings is 1. The molecule has 0 saturated carbocycles. The van der Waals surface area contributed by atoms with Gasteiger partial charge in [0, 0.05) is 6.20 Å². The van der Waals surface area contributed by atoms with Crippen LogP contribution in [0.4, 0.5) is 4.79 Å². The Morgan fingerprint density at radius 3 is 2.57 bits per heavy atom. The van der Waals surface area contributed by atoms with Crippen molar-refractivity contribution in [3.8, 4) is 5.69 Å². The first-order valence-electron chi connectivity index (χ1n) is 8.39. The van der Waals surface area contributed by atoms with E-state index in [0.717, 1.165) is 0 Å². The van der Waals surface area contributed by atoms with E-state index in [1.165, 1.54) is 17.2 Å². The Kier molecular flexibility index (Phi) is 4.28. The fourth-order valence-electron chi connectivity index (χ4n) is 2.86. The molecule has 3 N–H and O–H groups in total. The average molecular weight is 377 g/mol. The Labute approximate surface area is 159 Å². The van der Waals surface area contributed by atoms with Crippen LogP contribution >= 0.6 is 0 Å². The van der Waals surface area contributed by atoms with Gasteiger partial charge in [0.05, 0.1) is 24.1 Å². The Hall–Kier alpha value is -4.08. The van der Waals surface area contributed by atoms with Gasteiger partial charge in [-0.05, 0) is 24.3 Å². The van der Waals surface area contributed by atoms with E-state index in [1.54, 1.807) is 30.3 Å². The topological polar surface area (TPSA) is 131 Å². The van der Waals surface area contributed by atoms with Gasteiger partial charge in [0.15, 0.2) is 11.2 Å². The molecule has 3 heterocycles. The summed E-state index contributed by atoms with van der Waals surface area (Å²) in [7, 11) is 0. The third-order valence-electron chi connectivity index (χ3n) is 4.27. The maximum Gasteiger partial charge on any atom is 0.322 e. The second-order valence-corrected chi connectivity index (χ2v) is 6.07. The summed E-state index contributed by atoms with van der Waals surface area (Å²) in [6.45, 7) is -0.196. The van der Waals surface area contributed by atoms with E-state index in [4.69, 9.17) is 0 Å². The van der Waals surface area contributed by atoms with Gasteiger partial charge in [-0.25, -0.2) is 4.79 Å². The maximum atomic E-state index is 12.5. The van der Waals surface area contributed by atoms with Gasteiger partial charge in [-0.2, -0.15) is 9.90 Å². The summed E-state index contributed by atoms with van der Waals surface area (Å²) in [6, 6.07) is 13.4. The van der Waals surface area contributed by atoms with Crippen molar-refractivity contribution in [1.82, 2.24) is 35.9 Å². The van der Waals surface area contributed by atoms with Gasteiger partial charge >= 0.3 is 6.03 Å². The monoisotopic (exact) mass is 377 g/mol. The second-order valence-electron chi connectivity index (χ2n) is 6.07. The molecule has 10 nitrogen and oxygen atoms in total. The minimum absolute atomic E-state index is 0.0738. The zero-order valence-electron chi connectivity index (χ0n) is 14.5. The number of amides is 4. The summed E-state index contributed by atoms with van der Waals surface area (Å²) in [4.78, 5) is 42.1. The molecular formula is C18H15N7O3. The molecule has 10 heteroatoms. The van der Waals surface area contributed by atoms with Crippen LogP contribution in [0.5, 0.6) is 0 Å². The van der Waals surface area contributed by atoms with Gasteiger partial charge < -0.3 is 10.6 Å². The molecule has 1 atom stereocenters. The number of urea groups is 1. The molecule has 2 aromatic heterocycles. The lowest BCUT2D eigenvalue weighted by atomic mass is 9.94. The molecule has 0 spiro atoms. The number of hydrogen-bond donors (Lipinski definition) is 3. The number of rotatable bonds is 5. The van der Waals surface area contributed by atoms with E-state index in [-0.39, 0.29) is 12.2 Å². The number of nitrogens with zero attached hydrogens (tertiary/aromatic N) is 4. The Morgan fingerprint density at radius 2 is 1.89 bits per heavy atom. The van der Waals surface area contributed by atoms with Crippen molar-refractivity contribution in [3.05, 3.63) is 72.3 Å². The van der Waals surface area contributed by atoms with Crippen LogP contribution in [0.1, 0.15) is 16.2 Å². The van der Waals surface area contributed by atoms with Gasteiger partial charge in [-0.3, -0.25) is 19.9 Å². The maximum absolute atomic E-state index is 12.5. The molecule has 4 rings (SSSR count). The van der Waals surface area contributed by atoms with Gasteiger partial charge in [0.1, 0.15) is 0 Å². The van der Waals surface area contributed by atoms with E-state index >= 15 is 0 Å². The quantitative estimate of drug-likeness (QED) is 0.542. The van der Waals surface area contributed by atoms with Crippen LogP contribution in [-0.2, 0) is 10.3 Å². The summed E-state index contributed by atoms with van der Waals surface area (Å²) in [5.41, 5.74) is -0.408. The van der Waals surface area contributed by atoms with Gasteiger partial charge in [0.25, 0.3) is 11.8 Å². The molecule has 0 bridgehead atoms. The fraction of sp³-hybridized carbons (Fsp3) is 0.111. The summed E-state index contributed by atoms with van der Waals surface area (Å²) in [5.74, 6) is -1.13. The normalized spacial score (nSPS) is 18.4. The number of nitrogens with one attached hydrogen (secondary N) is 3. The minimum atomic E-state index is -1.50. The average Bonchev–Trinajstić information content (AvgIpc) is 3.33. The fourth-order valence-corrected chi connectivity index (χ4v) is 2.86. The van der Waals surface area contributed by atoms with E-state index in [1.807, 2.05) is 18.2 Å². The zero-order chi connectivity index (χ0) is 19.6. The van der Waals surface area contributed by atoms with E-state index in [0.29, 0.717) is 11.4 Å². The first-order valence-corrected chi connectivity index (χ1v) is 8.39. The number of hydrogen-bond acceptors (Lipinski definition) is 6. The van der Waals surface area contributed by atoms with Crippen molar-refractivity contribution < 1.29 is 14.4 Å². The molecule has 1 saturated heterocycles. The Balaban J connectivity index is 1.54. The highest BCUT2D eigenvalue weighted by molar-refractivity contribution is 6.07. The van der Waals surface area contributed by atoms with Crippen LogP contribution in [-0.4, -0.2) is 44.4 Å². The first-order chi connectivity index (χ1) is 13.6. The zero-order valence-corrected chi connectivity index (χ0v) is 14.5. The van der Waals surface area contributed by atoms with Crippen LogP contribution in [0.2, 0.25) is 0 Å². The molecule has 0 unspecified atom stereocenters. The third-order valence-corrected chi connectivity index (χ3v) is 4.27. The summed E-state index contributed by atoms with van der Waals surface area (Å²) < 4.78 is 0. The highest BCUT2D eigenvalue weighted by atomic mass is 16.2. The molecule has 1 aliphatic heterocycles. The third kappa shape index (κ3) is 3.07. The SMILES string of the molecule is O=C1NC(=O)[C@@](CNC(=O)c2cnn(-c3ccccc3)n2)(c2ccccn2)N1. The lowest BCUT2D eigenvalue weighted by Crippen LogP contribution is -2.53. The lowest BCUT2D eigenvalue weighted by Gasteiger charge is -2.25. The van der Waals surface area contributed by atoms with Gasteiger partial charge in [0.2, 0.25) is 0 Å². The molecule has 4 amide bonds. The molecule has 1 fully saturated rings. The standard InChI is InChI=1S/C18H15N7O3/c26-15(13-10-21-25(24-13)12-6-2-1-3-7-12)20-11-18(14-8-4-5-9-19-14)16(27)22-17(28)23-18/h1-10H,11H2,(H,20,26)(H2,22,23,27,28)/t18-/m1/s1. The van der Waals surface area contributed by atoms with Crippen LogP contribution in [0, 0.1) is 0 Å². The van der Waals surface area contributed by atoms with Crippen molar-refractivity contribution in [3.63, 3.8) is 0 Å². The van der Waals surface area contributed by atoms with Crippen molar-refractivity contribution in [2.24, 2.45) is 0 Å². The number of benzene rings is 1. The molecule has 0 aliphatic carbocycles. The second kappa shape index (κ2) is 6.91. The summed E-state index contributed by atoms with van der Waals surface area (Å²) in [5, 5.41) is 15.6. The van der Waals surface area contributed by atoms with Crippen LogP contribution < -0.4 is 16.0 Å². The molecule has 140 valence electrons. The highest BCUT2D eigenvalue weighted by Crippen LogP contribution is 2.22. The largest absolute Gasteiger partial charge is 0.347 e. The first kappa shape index (κ1) is 17.3. The number of carbonyl (C=O) groups is 3. The summed E-state index contributed by atoms with van der Waals surface area (Å²) in [6.07, 6.45) is 2.82. The number of aromatic nitrogens is 4. The van der Waals surface area contributed by atoms with Crippen molar-refractivity contribution in [2.45, 2.75) is 5.54 Å². The predicted octanol–water partition coefficient (Wildman–Crippen LogP) is 0.127. The minimum Gasteiger partial charge on any atom is -0.347 e. The molecule has 1 aliphatic rings. The van der Waals surface area contributed by atoms with E-state index in [2.05, 4.69) is 31.1 Å². The van der Waals surface area contributed by atoms with Crippen molar-refractivity contribution in [2.75, 3.05) is 6.54 Å². The van der Waals surface area contributed by atoms with Crippen molar-refractivity contribution >= 4 is 17.8 Å². The lowest BCUT2D eigenvalue weighted by molar-refractivity contribution is -0.124. The molecule has 28 heavy (non-hydrogen) atoms.